The van der Waals surface area contributed by atoms with Crippen LogP contribution in [0.5, 0.6) is 0 Å². The maximum absolute atomic E-state index is 9.46. The number of aliphatic hydroxyl groups excluding tert-OH is 3. The molecule has 0 aliphatic rings. The monoisotopic (exact) mass is 244 g/mol. The Morgan fingerprint density at radius 3 is 1.72 bits per heavy atom. The largest absolute Gasteiger partial charge is 0.392 e. The smallest absolute Gasteiger partial charge is 0.0688 e. The Hall–Kier alpha value is -1.68. The highest BCUT2D eigenvalue weighted by molar-refractivity contribution is 5.71. The molecular formula is C15H16O3. The number of rotatable bonds is 4. The lowest BCUT2D eigenvalue weighted by Gasteiger charge is -2.14. The zero-order valence-corrected chi connectivity index (χ0v) is 10.0. The fourth-order valence-corrected chi connectivity index (χ4v) is 2.16. The van der Waals surface area contributed by atoms with Crippen LogP contribution in [0.3, 0.4) is 0 Å². The molecule has 2 rings (SSSR count). The van der Waals surface area contributed by atoms with Crippen LogP contribution in [0.1, 0.15) is 16.7 Å². The van der Waals surface area contributed by atoms with Crippen LogP contribution < -0.4 is 0 Å². The third-order valence-electron chi connectivity index (χ3n) is 2.95. The number of benzene rings is 2. The molecule has 0 amide bonds. The van der Waals surface area contributed by atoms with Crippen molar-refractivity contribution in [3.63, 3.8) is 0 Å². The van der Waals surface area contributed by atoms with E-state index in [1.54, 1.807) is 12.1 Å². The van der Waals surface area contributed by atoms with Crippen molar-refractivity contribution in [2.24, 2.45) is 0 Å². The van der Waals surface area contributed by atoms with Crippen molar-refractivity contribution >= 4 is 0 Å². The third kappa shape index (κ3) is 2.43. The molecule has 0 atom stereocenters. The van der Waals surface area contributed by atoms with Crippen LogP contribution in [0.2, 0.25) is 0 Å². The van der Waals surface area contributed by atoms with E-state index in [9.17, 15) is 15.3 Å². The molecule has 0 fully saturated rings. The summed E-state index contributed by atoms with van der Waals surface area (Å²) >= 11 is 0. The Morgan fingerprint density at radius 2 is 1.28 bits per heavy atom. The van der Waals surface area contributed by atoms with Crippen LogP contribution >= 0.6 is 0 Å². The molecule has 0 aromatic heterocycles. The zero-order chi connectivity index (χ0) is 13.0. The minimum absolute atomic E-state index is 0.102. The van der Waals surface area contributed by atoms with Gasteiger partial charge in [-0.25, -0.2) is 0 Å². The first kappa shape index (κ1) is 12.8. The molecule has 2 aromatic carbocycles. The summed E-state index contributed by atoms with van der Waals surface area (Å²) < 4.78 is 0. The summed E-state index contributed by atoms with van der Waals surface area (Å²) in [5, 5.41) is 28.1. The second-order valence-corrected chi connectivity index (χ2v) is 4.13. The fraction of sp³-hybridized carbons (Fsp3) is 0.200. The summed E-state index contributed by atoms with van der Waals surface area (Å²) in [5.74, 6) is 0. The maximum atomic E-state index is 9.46. The fourth-order valence-electron chi connectivity index (χ4n) is 2.16. The Morgan fingerprint density at radius 1 is 0.722 bits per heavy atom. The third-order valence-corrected chi connectivity index (χ3v) is 2.95. The van der Waals surface area contributed by atoms with Crippen LogP contribution in [0.15, 0.2) is 42.5 Å². The Kier molecular flexibility index (Phi) is 4.10. The predicted molar refractivity (Wildman–Crippen MR) is 69.6 cm³/mol. The van der Waals surface area contributed by atoms with Gasteiger partial charge in [-0.3, -0.25) is 0 Å². The molecule has 2 aromatic rings. The summed E-state index contributed by atoms with van der Waals surface area (Å²) in [6.07, 6.45) is 0. The molecule has 0 saturated carbocycles. The quantitative estimate of drug-likeness (QED) is 0.769. The summed E-state index contributed by atoms with van der Waals surface area (Å²) in [4.78, 5) is 0. The maximum Gasteiger partial charge on any atom is 0.0688 e. The first-order valence-electron chi connectivity index (χ1n) is 5.82. The minimum atomic E-state index is -0.120. The van der Waals surface area contributed by atoms with Gasteiger partial charge >= 0.3 is 0 Å². The van der Waals surface area contributed by atoms with Gasteiger partial charge in [0.05, 0.1) is 19.8 Å². The van der Waals surface area contributed by atoms with Crippen molar-refractivity contribution in [2.75, 3.05) is 0 Å². The van der Waals surface area contributed by atoms with E-state index in [1.165, 1.54) is 0 Å². The lowest BCUT2D eigenvalue weighted by atomic mass is 9.93. The van der Waals surface area contributed by atoms with Gasteiger partial charge in [-0.05, 0) is 27.8 Å². The second kappa shape index (κ2) is 5.78. The first-order chi connectivity index (χ1) is 8.80. The lowest BCUT2D eigenvalue weighted by Crippen LogP contribution is -1.99. The van der Waals surface area contributed by atoms with E-state index in [2.05, 4.69) is 0 Å². The summed E-state index contributed by atoms with van der Waals surface area (Å²) in [7, 11) is 0. The van der Waals surface area contributed by atoms with E-state index in [0.717, 1.165) is 22.3 Å². The van der Waals surface area contributed by atoms with E-state index in [4.69, 9.17) is 0 Å². The molecule has 0 spiro atoms. The molecule has 3 heteroatoms. The Bertz CT molecular complexity index is 496. The van der Waals surface area contributed by atoms with Gasteiger partial charge in [-0.15, -0.1) is 0 Å². The molecule has 0 saturated heterocycles. The summed E-state index contributed by atoms with van der Waals surface area (Å²) in [5.41, 5.74) is 3.93. The van der Waals surface area contributed by atoms with E-state index in [0.29, 0.717) is 5.56 Å². The lowest BCUT2D eigenvalue weighted by molar-refractivity contribution is 0.270. The van der Waals surface area contributed by atoms with Crippen LogP contribution in [-0.2, 0) is 19.8 Å². The molecule has 0 aliphatic heterocycles. The van der Waals surface area contributed by atoms with Gasteiger partial charge in [-0.1, -0.05) is 42.5 Å². The van der Waals surface area contributed by atoms with Crippen LogP contribution in [0, 0.1) is 0 Å². The van der Waals surface area contributed by atoms with E-state index >= 15 is 0 Å². The Labute approximate surface area is 106 Å². The second-order valence-electron chi connectivity index (χ2n) is 4.13. The van der Waals surface area contributed by atoms with E-state index < -0.39 is 0 Å². The summed E-state index contributed by atoms with van der Waals surface area (Å²) in [6, 6.07) is 13.2. The average Bonchev–Trinajstić information content (AvgIpc) is 2.46. The number of aliphatic hydroxyl groups is 3. The van der Waals surface area contributed by atoms with Crippen molar-refractivity contribution in [1.29, 1.82) is 0 Å². The first-order valence-corrected chi connectivity index (χ1v) is 5.82. The van der Waals surface area contributed by atoms with Gasteiger partial charge in [0, 0.05) is 0 Å². The highest BCUT2D eigenvalue weighted by Crippen LogP contribution is 2.29. The van der Waals surface area contributed by atoms with Gasteiger partial charge in [0.1, 0.15) is 0 Å². The highest BCUT2D eigenvalue weighted by Gasteiger charge is 2.11. The van der Waals surface area contributed by atoms with Crippen molar-refractivity contribution in [3.8, 4) is 11.1 Å². The topological polar surface area (TPSA) is 60.7 Å². The van der Waals surface area contributed by atoms with Crippen molar-refractivity contribution < 1.29 is 15.3 Å². The van der Waals surface area contributed by atoms with Crippen molar-refractivity contribution in [2.45, 2.75) is 19.8 Å². The van der Waals surface area contributed by atoms with Crippen LogP contribution in [0.4, 0.5) is 0 Å². The average molecular weight is 244 g/mol. The Balaban J connectivity index is 2.64. The molecule has 0 radical (unpaired) electrons. The molecule has 3 N–H and O–H groups in total. The zero-order valence-electron chi connectivity index (χ0n) is 10.0. The van der Waals surface area contributed by atoms with E-state index in [1.807, 2.05) is 30.3 Å². The van der Waals surface area contributed by atoms with Crippen LogP contribution in [0.25, 0.3) is 11.1 Å². The normalized spacial score (nSPS) is 10.6. The molecule has 0 aliphatic carbocycles. The molecule has 94 valence electrons. The molecule has 0 heterocycles. The molecule has 18 heavy (non-hydrogen) atoms. The van der Waals surface area contributed by atoms with Gasteiger partial charge in [-0.2, -0.15) is 0 Å². The van der Waals surface area contributed by atoms with Gasteiger partial charge in [0.15, 0.2) is 0 Å². The number of hydrogen-bond donors (Lipinski definition) is 3. The van der Waals surface area contributed by atoms with Crippen molar-refractivity contribution in [1.82, 2.24) is 0 Å². The molecule has 0 bridgehead atoms. The highest BCUT2D eigenvalue weighted by atomic mass is 16.3. The molecule has 0 unspecified atom stereocenters. The van der Waals surface area contributed by atoms with Gasteiger partial charge < -0.3 is 15.3 Å². The van der Waals surface area contributed by atoms with E-state index in [-0.39, 0.29) is 19.8 Å². The number of hydrogen-bond acceptors (Lipinski definition) is 3. The van der Waals surface area contributed by atoms with Crippen molar-refractivity contribution in [3.05, 3.63) is 59.2 Å². The van der Waals surface area contributed by atoms with Crippen LogP contribution in [-0.4, -0.2) is 15.3 Å². The standard InChI is InChI=1S/C15H16O3/c16-8-11-6-13(9-17)15(14(7-11)10-18)12-4-2-1-3-5-12/h1-7,16-18H,8-10H2. The molecule has 3 nitrogen and oxygen atoms in total. The minimum Gasteiger partial charge on any atom is -0.392 e. The predicted octanol–water partition coefficient (Wildman–Crippen LogP) is 1.83. The SMILES string of the molecule is OCc1cc(CO)c(-c2ccccc2)c(CO)c1. The molecular weight excluding hydrogens is 228 g/mol. The van der Waals surface area contributed by atoms with Gasteiger partial charge in [0.25, 0.3) is 0 Å². The van der Waals surface area contributed by atoms with Gasteiger partial charge in [0.2, 0.25) is 0 Å². The summed E-state index contributed by atoms with van der Waals surface area (Å²) in [6.45, 7) is -0.342.